The fourth-order valence-corrected chi connectivity index (χ4v) is 0.534. The molecule has 0 aliphatic carbocycles. The molecule has 0 atom stereocenters. The predicted molar refractivity (Wildman–Crippen MR) is 50.1 cm³/mol. The molecule has 0 aromatic heterocycles. The molecule has 0 radical (unpaired) electrons. The maximum Gasteiger partial charge on any atom is 0.346 e. The van der Waals surface area contributed by atoms with Crippen LogP contribution in [-0.4, -0.2) is 13.0 Å². The summed E-state index contributed by atoms with van der Waals surface area (Å²) in [6.07, 6.45) is 0. The summed E-state index contributed by atoms with van der Waals surface area (Å²) in [5, 5.41) is 0. The number of hydrazine groups is 1. The fraction of sp³-hybridized carbons (Fsp3) is 0.143. The summed E-state index contributed by atoms with van der Waals surface area (Å²) in [5.41, 5.74) is 1.32. The van der Waals surface area contributed by atoms with E-state index < -0.39 is 10.3 Å². The number of nitrogens with two attached hydrogens (primary N) is 1. The van der Waals surface area contributed by atoms with Crippen LogP contribution in [-0.2, 0) is 10.3 Å². The lowest BCUT2D eigenvalue weighted by atomic mass is 10.2. The Bertz CT molecular complexity index is 323. The van der Waals surface area contributed by atoms with Gasteiger partial charge in [-0.25, -0.2) is 0 Å². The number of rotatable bonds is 1. The summed E-state index contributed by atoms with van der Waals surface area (Å²) < 4.78 is 26.2. The monoisotopic (exact) mass is 204 g/mol. The van der Waals surface area contributed by atoms with Gasteiger partial charge in [-0.1, -0.05) is 35.9 Å². The zero-order valence-corrected chi connectivity index (χ0v) is 7.95. The van der Waals surface area contributed by atoms with Gasteiger partial charge in [-0.15, -0.1) is 4.83 Å². The van der Waals surface area contributed by atoms with E-state index >= 15 is 0 Å². The molecule has 0 spiro atoms. The molecule has 0 amide bonds. The van der Waals surface area contributed by atoms with Crippen molar-refractivity contribution in [3.8, 4) is 0 Å². The maximum atomic E-state index is 9.32. The van der Waals surface area contributed by atoms with Gasteiger partial charge in [0.05, 0.1) is 0 Å². The highest BCUT2D eigenvalue weighted by atomic mass is 32.2. The van der Waals surface area contributed by atoms with Crippen LogP contribution in [0, 0.1) is 6.92 Å². The molecule has 0 saturated carbocycles. The molecule has 5 nitrogen and oxygen atoms in total. The third-order valence-corrected chi connectivity index (χ3v) is 1.39. The molecular weight excluding hydrogens is 192 g/mol. The van der Waals surface area contributed by atoms with Gasteiger partial charge in [0, 0.05) is 0 Å². The van der Waals surface area contributed by atoms with Gasteiger partial charge in [-0.3, -0.25) is 10.4 Å². The molecule has 0 aliphatic rings. The molecule has 0 saturated heterocycles. The first kappa shape index (κ1) is 12.0. The van der Waals surface area contributed by atoms with Crippen molar-refractivity contribution in [2.24, 2.45) is 5.84 Å². The SMILES string of the molecule is Cc1ccccc1.NNS(=O)(=O)O. The fourth-order valence-electron chi connectivity index (χ4n) is 0.534. The van der Waals surface area contributed by atoms with Gasteiger partial charge >= 0.3 is 10.3 Å². The van der Waals surface area contributed by atoms with Crippen LogP contribution in [0.3, 0.4) is 0 Å². The first-order valence-corrected chi connectivity index (χ1v) is 4.86. The summed E-state index contributed by atoms with van der Waals surface area (Å²) in [4.78, 5) is 1.13. The Hall–Kier alpha value is -0.950. The van der Waals surface area contributed by atoms with Crippen LogP contribution in [0.25, 0.3) is 0 Å². The van der Waals surface area contributed by atoms with Crippen LogP contribution in [0.1, 0.15) is 5.56 Å². The van der Waals surface area contributed by atoms with Crippen LogP contribution >= 0.6 is 0 Å². The van der Waals surface area contributed by atoms with Gasteiger partial charge < -0.3 is 0 Å². The minimum Gasteiger partial charge on any atom is -0.273 e. The minimum atomic E-state index is -4.13. The molecule has 1 aromatic rings. The average Bonchev–Trinajstić information content (AvgIpc) is 2.06. The highest BCUT2D eigenvalue weighted by molar-refractivity contribution is 7.83. The zero-order valence-electron chi connectivity index (χ0n) is 7.14. The number of nitrogens with one attached hydrogen (secondary N) is 1. The van der Waals surface area contributed by atoms with Crippen molar-refractivity contribution in [2.45, 2.75) is 6.92 Å². The molecular formula is C7H12N2O3S. The summed E-state index contributed by atoms with van der Waals surface area (Å²) in [6, 6.07) is 10.3. The number of aryl methyl sites for hydroxylation is 1. The molecule has 6 heteroatoms. The molecule has 1 rings (SSSR count). The van der Waals surface area contributed by atoms with Crippen LogP contribution in [0.4, 0.5) is 0 Å². The van der Waals surface area contributed by atoms with E-state index in [0.717, 1.165) is 4.83 Å². The maximum absolute atomic E-state index is 9.32. The summed E-state index contributed by atoms with van der Waals surface area (Å²) in [5.74, 6) is 4.22. The van der Waals surface area contributed by atoms with E-state index in [-0.39, 0.29) is 0 Å². The highest BCUT2D eigenvalue weighted by Crippen LogP contribution is 1.92. The van der Waals surface area contributed by atoms with Gasteiger partial charge in [-0.05, 0) is 6.92 Å². The van der Waals surface area contributed by atoms with Crippen LogP contribution in [0.2, 0.25) is 0 Å². The van der Waals surface area contributed by atoms with Gasteiger partial charge in [0.15, 0.2) is 0 Å². The minimum absolute atomic E-state index is 1.13. The van der Waals surface area contributed by atoms with E-state index in [0.29, 0.717) is 0 Å². The van der Waals surface area contributed by atoms with Crippen LogP contribution < -0.4 is 10.7 Å². The van der Waals surface area contributed by atoms with E-state index in [1.54, 1.807) is 0 Å². The van der Waals surface area contributed by atoms with E-state index in [4.69, 9.17) is 4.55 Å². The zero-order chi connectivity index (χ0) is 10.3. The van der Waals surface area contributed by atoms with Crippen molar-refractivity contribution < 1.29 is 13.0 Å². The predicted octanol–water partition coefficient (Wildman–Crippen LogP) is 0.248. The van der Waals surface area contributed by atoms with Gasteiger partial charge in [0.1, 0.15) is 0 Å². The normalized spacial score (nSPS) is 10.1. The number of hydrogen-bond donors (Lipinski definition) is 3. The van der Waals surface area contributed by atoms with Gasteiger partial charge in [0.2, 0.25) is 0 Å². The molecule has 0 aliphatic heterocycles. The molecule has 0 fully saturated rings. The van der Waals surface area contributed by atoms with Crippen molar-refractivity contribution in [2.75, 3.05) is 0 Å². The largest absolute Gasteiger partial charge is 0.346 e. The van der Waals surface area contributed by atoms with Crippen molar-refractivity contribution in [3.05, 3.63) is 35.9 Å². The Balaban J connectivity index is 0.000000226. The van der Waals surface area contributed by atoms with E-state index in [1.807, 2.05) is 18.2 Å². The molecule has 13 heavy (non-hydrogen) atoms. The van der Waals surface area contributed by atoms with E-state index in [9.17, 15) is 8.42 Å². The lowest BCUT2D eigenvalue weighted by Crippen LogP contribution is -2.29. The topological polar surface area (TPSA) is 92.4 Å². The first-order chi connectivity index (χ1) is 5.95. The number of benzene rings is 1. The first-order valence-electron chi connectivity index (χ1n) is 3.42. The standard InChI is InChI=1S/C7H8.H4N2O3S/c1-7-5-3-2-4-6-7;1-2-6(3,4)5/h2-6H,1H3;2H,1H2,(H,3,4,5). The van der Waals surface area contributed by atoms with Crippen LogP contribution in [0.5, 0.6) is 0 Å². The smallest absolute Gasteiger partial charge is 0.273 e. The Labute approximate surface area is 77.4 Å². The Kier molecular flexibility index (Phi) is 5.24. The van der Waals surface area contributed by atoms with Crippen molar-refractivity contribution in [3.63, 3.8) is 0 Å². The summed E-state index contributed by atoms with van der Waals surface area (Å²) in [6.45, 7) is 2.08. The van der Waals surface area contributed by atoms with E-state index in [1.165, 1.54) is 5.56 Å². The number of hydrogen-bond acceptors (Lipinski definition) is 3. The molecule has 0 heterocycles. The van der Waals surface area contributed by atoms with Crippen molar-refractivity contribution in [1.29, 1.82) is 0 Å². The highest BCUT2D eigenvalue weighted by Gasteiger charge is 1.91. The Morgan fingerprint density at radius 1 is 1.31 bits per heavy atom. The third kappa shape index (κ3) is 8.96. The van der Waals surface area contributed by atoms with Gasteiger partial charge in [-0.2, -0.15) is 8.42 Å². The quantitative estimate of drug-likeness (QED) is 0.347. The van der Waals surface area contributed by atoms with Crippen LogP contribution in [0.15, 0.2) is 30.3 Å². The molecule has 1 aromatic carbocycles. The van der Waals surface area contributed by atoms with Crippen molar-refractivity contribution in [1.82, 2.24) is 4.83 Å². The second-order valence-electron chi connectivity index (χ2n) is 2.25. The second kappa shape index (κ2) is 5.65. The second-order valence-corrected chi connectivity index (χ2v) is 3.43. The Morgan fingerprint density at radius 2 is 1.69 bits per heavy atom. The van der Waals surface area contributed by atoms with E-state index in [2.05, 4.69) is 24.9 Å². The van der Waals surface area contributed by atoms with Gasteiger partial charge in [0.25, 0.3) is 0 Å². The lowest BCUT2D eigenvalue weighted by Gasteiger charge is -1.83. The molecule has 4 N–H and O–H groups in total. The summed E-state index contributed by atoms with van der Waals surface area (Å²) >= 11 is 0. The molecule has 0 bridgehead atoms. The molecule has 74 valence electrons. The third-order valence-electron chi connectivity index (χ3n) is 1.09. The Morgan fingerprint density at radius 3 is 1.85 bits per heavy atom. The lowest BCUT2D eigenvalue weighted by molar-refractivity contribution is 0.469. The summed E-state index contributed by atoms with van der Waals surface area (Å²) in [7, 11) is -4.13. The molecule has 0 unspecified atom stereocenters. The average molecular weight is 204 g/mol. The van der Waals surface area contributed by atoms with Crippen molar-refractivity contribution >= 4 is 10.3 Å².